The van der Waals surface area contributed by atoms with Gasteiger partial charge in [-0.15, -0.1) is 0 Å². The molecule has 2 aromatic carbocycles. The molecular weight excluding hydrogens is 384 g/mol. The number of carbonyl (C=O) groups is 1. The fourth-order valence-corrected chi connectivity index (χ4v) is 2.86. The van der Waals surface area contributed by atoms with Crippen molar-refractivity contribution >= 4 is 27.5 Å². The molecule has 0 aliphatic heterocycles. The highest BCUT2D eigenvalue weighted by Crippen LogP contribution is 2.24. The topological polar surface area (TPSA) is 64.4 Å². The zero-order valence-electron chi connectivity index (χ0n) is 13.9. The Morgan fingerprint density at radius 2 is 2.00 bits per heavy atom. The molecule has 0 saturated heterocycles. The first kappa shape index (κ1) is 17.2. The molecule has 1 heterocycles. The van der Waals surface area contributed by atoms with Crippen LogP contribution in [0.25, 0.3) is 0 Å². The van der Waals surface area contributed by atoms with E-state index in [9.17, 15) is 4.79 Å². The number of benzene rings is 2. The summed E-state index contributed by atoms with van der Waals surface area (Å²) in [5, 5.41) is 6.68. The molecule has 0 spiro atoms. The average molecular weight is 401 g/mol. The molecule has 3 rings (SSSR count). The van der Waals surface area contributed by atoms with E-state index < -0.39 is 0 Å². The summed E-state index contributed by atoms with van der Waals surface area (Å²) in [6.45, 7) is 3.90. The highest BCUT2D eigenvalue weighted by atomic mass is 79.9. The maximum Gasteiger partial charge on any atom is 0.259 e. The summed E-state index contributed by atoms with van der Waals surface area (Å²) in [5.74, 6) is 0.823. The molecule has 6 heteroatoms. The first-order valence-corrected chi connectivity index (χ1v) is 8.54. The number of hydrogen-bond acceptors (Lipinski definition) is 4. The van der Waals surface area contributed by atoms with Crippen molar-refractivity contribution in [3.05, 3.63) is 75.6 Å². The molecular formula is C19H17BrN2O3. The van der Waals surface area contributed by atoms with Crippen molar-refractivity contribution in [2.45, 2.75) is 20.5 Å². The molecule has 5 nitrogen and oxygen atoms in total. The Bertz CT molecular complexity index is 886. The van der Waals surface area contributed by atoms with Crippen LogP contribution in [0.1, 0.15) is 27.4 Å². The Labute approximate surface area is 154 Å². The van der Waals surface area contributed by atoms with Crippen LogP contribution in [0, 0.1) is 13.8 Å². The number of ether oxygens (including phenoxy) is 1. The van der Waals surface area contributed by atoms with Crippen molar-refractivity contribution < 1.29 is 14.1 Å². The molecule has 0 saturated carbocycles. The molecule has 0 fully saturated rings. The smallest absolute Gasteiger partial charge is 0.259 e. The number of amides is 1. The first-order chi connectivity index (χ1) is 12.0. The van der Waals surface area contributed by atoms with Gasteiger partial charge in [0.25, 0.3) is 5.91 Å². The number of nitrogens with one attached hydrogen (secondary N) is 1. The molecule has 1 amide bonds. The van der Waals surface area contributed by atoms with Crippen molar-refractivity contribution in [1.82, 2.24) is 5.16 Å². The molecule has 0 aliphatic carbocycles. The summed E-state index contributed by atoms with van der Waals surface area (Å²) >= 11 is 3.44. The first-order valence-electron chi connectivity index (χ1n) is 7.75. The van der Waals surface area contributed by atoms with Gasteiger partial charge in [0.05, 0.1) is 5.56 Å². The van der Waals surface area contributed by atoms with Crippen LogP contribution in [0.2, 0.25) is 0 Å². The van der Waals surface area contributed by atoms with Gasteiger partial charge in [-0.2, -0.15) is 0 Å². The van der Waals surface area contributed by atoms with Crippen LogP contribution in [0.15, 0.2) is 57.5 Å². The van der Waals surface area contributed by atoms with Crippen LogP contribution in [-0.4, -0.2) is 11.1 Å². The number of anilines is 1. The molecule has 128 valence electrons. The van der Waals surface area contributed by atoms with Crippen LogP contribution in [0.3, 0.4) is 0 Å². The molecule has 0 bridgehead atoms. The number of para-hydroxylation sites is 1. The average Bonchev–Trinajstić information content (AvgIpc) is 2.92. The van der Waals surface area contributed by atoms with Crippen molar-refractivity contribution in [2.24, 2.45) is 0 Å². The van der Waals surface area contributed by atoms with E-state index in [-0.39, 0.29) is 5.91 Å². The monoisotopic (exact) mass is 400 g/mol. The number of aromatic nitrogens is 1. The summed E-state index contributed by atoms with van der Waals surface area (Å²) in [5.41, 5.74) is 2.69. The summed E-state index contributed by atoms with van der Waals surface area (Å²) in [6, 6.07) is 15.0. The van der Waals surface area contributed by atoms with Gasteiger partial charge in [-0.3, -0.25) is 4.79 Å². The minimum absolute atomic E-state index is 0.265. The van der Waals surface area contributed by atoms with Gasteiger partial charge in [0, 0.05) is 4.47 Å². The lowest BCUT2D eigenvalue weighted by Gasteiger charge is -2.12. The van der Waals surface area contributed by atoms with Gasteiger partial charge in [-0.1, -0.05) is 45.4 Å². The van der Waals surface area contributed by atoms with Gasteiger partial charge >= 0.3 is 0 Å². The quantitative estimate of drug-likeness (QED) is 0.662. The predicted octanol–water partition coefficient (Wildman–Crippen LogP) is 4.89. The van der Waals surface area contributed by atoms with E-state index in [1.807, 2.05) is 30.3 Å². The highest BCUT2D eigenvalue weighted by Gasteiger charge is 2.17. The second-order valence-corrected chi connectivity index (χ2v) is 6.48. The summed E-state index contributed by atoms with van der Waals surface area (Å²) in [4.78, 5) is 12.6. The second kappa shape index (κ2) is 7.53. The standard InChI is InChI=1S/C19H17BrN2O3/c1-12-18(13(2)25-22-12)21-19(23)16-8-3-4-9-17(16)24-11-14-6-5-7-15(20)10-14/h3-10H,11H2,1-2H3,(H,21,23). The number of carbonyl (C=O) groups excluding carboxylic acids is 1. The summed E-state index contributed by atoms with van der Waals surface area (Å²) in [7, 11) is 0. The van der Waals surface area contributed by atoms with E-state index >= 15 is 0 Å². The fourth-order valence-electron chi connectivity index (χ4n) is 2.41. The third-order valence-electron chi connectivity index (χ3n) is 3.69. The van der Waals surface area contributed by atoms with Gasteiger partial charge in [0.15, 0.2) is 5.76 Å². The summed E-state index contributed by atoms with van der Waals surface area (Å²) < 4.78 is 11.9. The van der Waals surface area contributed by atoms with Gasteiger partial charge < -0.3 is 14.6 Å². The highest BCUT2D eigenvalue weighted by molar-refractivity contribution is 9.10. The maximum absolute atomic E-state index is 12.6. The van der Waals surface area contributed by atoms with E-state index in [2.05, 4.69) is 26.4 Å². The van der Waals surface area contributed by atoms with Crippen LogP contribution in [0.5, 0.6) is 5.75 Å². The lowest BCUT2D eigenvalue weighted by molar-refractivity contribution is 0.102. The molecule has 1 N–H and O–H groups in total. The van der Waals surface area contributed by atoms with E-state index in [0.29, 0.717) is 35.1 Å². The predicted molar refractivity (Wildman–Crippen MR) is 98.8 cm³/mol. The van der Waals surface area contributed by atoms with Gasteiger partial charge in [-0.25, -0.2) is 0 Å². The van der Waals surface area contributed by atoms with Crippen molar-refractivity contribution in [2.75, 3.05) is 5.32 Å². The van der Waals surface area contributed by atoms with Crippen molar-refractivity contribution in [1.29, 1.82) is 0 Å². The number of halogens is 1. The number of hydrogen-bond donors (Lipinski definition) is 1. The fraction of sp³-hybridized carbons (Fsp3) is 0.158. The van der Waals surface area contributed by atoms with Gasteiger partial charge in [0.2, 0.25) is 0 Å². The van der Waals surface area contributed by atoms with Crippen LogP contribution in [0.4, 0.5) is 5.69 Å². The van der Waals surface area contributed by atoms with E-state index in [1.165, 1.54) is 0 Å². The maximum atomic E-state index is 12.6. The zero-order chi connectivity index (χ0) is 17.8. The lowest BCUT2D eigenvalue weighted by Crippen LogP contribution is -2.14. The Morgan fingerprint density at radius 3 is 2.72 bits per heavy atom. The zero-order valence-corrected chi connectivity index (χ0v) is 15.5. The Kier molecular flexibility index (Phi) is 5.19. The third kappa shape index (κ3) is 4.09. The molecule has 0 radical (unpaired) electrons. The van der Waals surface area contributed by atoms with Crippen LogP contribution >= 0.6 is 15.9 Å². The molecule has 1 aromatic heterocycles. The Balaban J connectivity index is 1.77. The van der Waals surface area contributed by atoms with Crippen LogP contribution < -0.4 is 10.1 Å². The lowest BCUT2D eigenvalue weighted by atomic mass is 10.1. The Morgan fingerprint density at radius 1 is 1.20 bits per heavy atom. The van der Waals surface area contributed by atoms with Crippen molar-refractivity contribution in [3.8, 4) is 5.75 Å². The molecule has 0 unspecified atom stereocenters. The van der Waals surface area contributed by atoms with E-state index in [4.69, 9.17) is 9.26 Å². The number of rotatable bonds is 5. The Hall–Kier alpha value is -2.60. The third-order valence-corrected chi connectivity index (χ3v) is 4.18. The largest absolute Gasteiger partial charge is 0.488 e. The summed E-state index contributed by atoms with van der Waals surface area (Å²) in [6.07, 6.45) is 0. The minimum Gasteiger partial charge on any atom is -0.488 e. The normalized spacial score (nSPS) is 10.5. The minimum atomic E-state index is -0.265. The van der Waals surface area contributed by atoms with Gasteiger partial charge in [-0.05, 0) is 43.7 Å². The van der Waals surface area contributed by atoms with E-state index in [1.54, 1.807) is 32.0 Å². The van der Waals surface area contributed by atoms with Crippen LogP contribution in [-0.2, 0) is 6.61 Å². The molecule has 0 atom stereocenters. The molecule has 3 aromatic rings. The van der Waals surface area contributed by atoms with Gasteiger partial charge in [0.1, 0.15) is 23.7 Å². The molecule has 25 heavy (non-hydrogen) atoms. The number of aryl methyl sites for hydroxylation is 2. The SMILES string of the molecule is Cc1noc(C)c1NC(=O)c1ccccc1OCc1cccc(Br)c1. The molecule has 0 aliphatic rings. The van der Waals surface area contributed by atoms with Crippen molar-refractivity contribution in [3.63, 3.8) is 0 Å². The second-order valence-electron chi connectivity index (χ2n) is 5.57. The number of nitrogens with zero attached hydrogens (tertiary/aromatic N) is 1. The van der Waals surface area contributed by atoms with E-state index in [0.717, 1.165) is 10.0 Å².